The molecule has 2 N–H and O–H groups in total. The molecule has 0 aliphatic heterocycles. The molecule has 0 fully saturated rings. The summed E-state index contributed by atoms with van der Waals surface area (Å²) >= 11 is 1.47. The van der Waals surface area contributed by atoms with Gasteiger partial charge in [0.25, 0.3) is 0 Å². The summed E-state index contributed by atoms with van der Waals surface area (Å²) in [5.74, 6) is -1.46. The van der Waals surface area contributed by atoms with Crippen LogP contribution in [0, 0.1) is 12.3 Å². The molecule has 104 valence electrons. The molecule has 1 atom stereocenters. The predicted octanol–water partition coefficient (Wildman–Crippen LogP) is 2.08. The van der Waals surface area contributed by atoms with Crippen molar-refractivity contribution in [3.8, 4) is 0 Å². The van der Waals surface area contributed by atoms with Crippen molar-refractivity contribution < 1.29 is 14.7 Å². The van der Waals surface area contributed by atoms with Crippen molar-refractivity contribution in [2.75, 3.05) is 0 Å². The normalized spacial score (nSPS) is 13.5. The standard InChI is InChI=1S/C13H18N2O3S/c1-8-14-7-9(19-8)5-6-10(16)15-11(12(17)18)13(2,3)4/h5-7,11H,1-4H3,(H,15,16)(H,17,18)/b6-5+/t11-/m1/s1. The molecule has 0 aliphatic rings. The third-order valence-corrected chi connectivity index (χ3v) is 3.32. The molecule has 6 heteroatoms. The number of nitrogens with zero attached hydrogens (tertiary/aromatic N) is 1. The number of carboxylic acids is 1. The van der Waals surface area contributed by atoms with Gasteiger partial charge in [-0.1, -0.05) is 20.8 Å². The molecule has 1 rings (SSSR count). The summed E-state index contributed by atoms with van der Waals surface area (Å²) in [5.41, 5.74) is -0.545. The number of carboxylic acid groups (broad SMARTS) is 1. The SMILES string of the molecule is Cc1ncc(/C=C/C(=O)N[C@H](C(=O)O)C(C)(C)C)s1. The number of thiazole rings is 1. The second-order valence-electron chi connectivity index (χ2n) is 5.26. The van der Waals surface area contributed by atoms with Gasteiger partial charge in [-0.2, -0.15) is 0 Å². The lowest BCUT2D eigenvalue weighted by atomic mass is 9.87. The van der Waals surface area contributed by atoms with E-state index in [1.54, 1.807) is 33.0 Å². The molecule has 0 radical (unpaired) electrons. The number of hydrogen-bond acceptors (Lipinski definition) is 4. The van der Waals surface area contributed by atoms with Crippen molar-refractivity contribution in [2.45, 2.75) is 33.7 Å². The van der Waals surface area contributed by atoms with E-state index in [2.05, 4.69) is 10.3 Å². The Labute approximate surface area is 116 Å². The monoisotopic (exact) mass is 282 g/mol. The third kappa shape index (κ3) is 4.82. The summed E-state index contributed by atoms with van der Waals surface area (Å²) in [6, 6.07) is -0.923. The molecular formula is C13H18N2O3S. The number of carbonyl (C=O) groups is 2. The molecule has 0 saturated carbocycles. The van der Waals surface area contributed by atoms with Crippen molar-refractivity contribution in [1.82, 2.24) is 10.3 Å². The van der Waals surface area contributed by atoms with Crippen LogP contribution in [0.3, 0.4) is 0 Å². The highest BCUT2D eigenvalue weighted by Gasteiger charge is 2.31. The van der Waals surface area contributed by atoms with Crippen LogP contribution >= 0.6 is 11.3 Å². The molecule has 1 aromatic rings. The van der Waals surface area contributed by atoms with Crippen LogP contribution in [0.4, 0.5) is 0 Å². The van der Waals surface area contributed by atoms with Gasteiger partial charge in [0, 0.05) is 17.2 Å². The van der Waals surface area contributed by atoms with E-state index >= 15 is 0 Å². The van der Waals surface area contributed by atoms with Crippen LogP contribution in [-0.2, 0) is 9.59 Å². The lowest BCUT2D eigenvalue weighted by molar-refractivity contribution is -0.144. The molecule has 1 heterocycles. The first-order chi connectivity index (χ1) is 8.70. The summed E-state index contributed by atoms with van der Waals surface area (Å²) < 4.78 is 0. The number of aromatic nitrogens is 1. The Morgan fingerprint density at radius 3 is 2.53 bits per heavy atom. The molecule has 0 unspecified atom stereocenters. The van der Waals surface area contributed by atoms with Gasteiger partial charge in [-0.3, -0.25) is 4.79 Å². The minimum absolute atomic E-state index is 0.423. The van der Waals surface area contributed by atoms with Crippen LogP contribution in [0.1, 0.15) is 30.7 Å². The molecule has 0 spiro atoms. The summed E-state index contributed by atoms with van der Waals surface area (Å²) in [4.78, 5) is 27.7. The Hall–Kier alpha value is -1.69. The highest BCUT2D eigenvalue weighted by Crippen LogP contribution is 2.19. The van der Waals surface area contributed by atoms with E-state index in [0.29, 0.717) is 0 Å². The van der Waals surface area contributed by atoms with E-state index < -0.39 is 23.3 Å². The number of carbonyl (C=O) groups excluding carboxylic acids is 1. The van der Waals surface area contributed by atoms with E-state index in [0.717, 1.165) is 9.88 Å². The molecular weight excluding hydrogens is 264 g/mol. The van der Waals surface area contributed by atoms with Gasteiger partial charge in [0.1, 0.15) is 6.04 Å². The van der Waals surface area contributed by atoms with Crippen molar-refractivity contribution in [2.24, 2.45) is 5.41 Å². The number of aryl methyl sites for hydroxylation is 1. The Balaban J connectivity index is 2.68. The van der Waals surface area contributed by atoms with Gasteiger partial charge in [0.05, 0.1) is 5.01 Å². The highest BCUT2D eigenvalue weighted by atomic mass is 32.1. The summed E-state index contributed by atoms with van der Waals surface area (Å²) in [6.45, 7) is 7.18. The second kappa shape index (κ2) is 5.97. The van der Waals surface area contributed by atoms with Gasteiger partial charge in [0.2, 0.25) is 5.91 Å². The first-order valence-corrected chi connectivity index (χ1v) is 6.65. The zero-order chi connectivity index (χ0) is 14.6. The Morgan fingerprint density at radius 1 is 1.47 bits per heavy atom. The van der Waals surface area contributed by atoms with Gasteiger partial charge < -0.3 is 10.4 Å². The number of amides is 1. The maximum atomic E-state index is 11.7. The van der Waals surface area contributed by atoms with Crippen LogP contribution in [0.2, 0.25) is 0 Å². The molecule has 0 aromatic carbocycles. The molecule has 1 aromatic heterocycles. The highest BCUT2D eigenvalue weighted by molar-refractivity contribution is 7.12. The van der Waals surface area contributed by atoms with E-state index in [9.17, 15) is 9.59 Å². The average molecular weight is 282 g/mol. The summed E-state index contributed by atoms with van der Waals surface area (Å²) in [5, 5.41) is 12.5. The predicted molar refractivity (Wildman–Crippen MR) is 74.9 cm³/mol. The quantitative estimate of drug-likeness (QED) is 0.829. The Bertz CT molecular complexity index is 500. The fourth-order valence-corrected chi connectivity index (χ4v) is 2.14. The van der Waals surface area contributed by atoms with E-state index in [1.807, 2.05) is 6.92 Å². The van der Waals surface area contributed by atoms with Gasteiger partial charge in [-0.15, -0.1) is 11.3 Å². The number of nitrogens with one attached hydrogen (secondary N) is 1. The Morgan fingerprint density at radius 2 is 2.11 bits per heavy atom. The van der Waals surface area contributed by atoms with Crippen LogP contribution < -0.4 is 5.32 Å². The van der Waals surface area contributed by atoms with Crippen molar-refractivity contribution in [3.05, 3.63) is 22.2 Å². The topological polar surface area (TPSA) is 79.3 Å². The minimum Gasteiger partial charge on any atom is -0.480 e. The molecule has 0 saturated heterocycles. The van der Waals surface area contributed by atoms with E-state index in [1.165, 1.54) is 17.4 Å². The minimum atomic E-state index is -1.04. The fraction of sp³-hybridized carbons (Fsp3) is 0.462. The maximum Gasteiger partial charge on any atom is 0.326 e. The lowest BCUT2D eigenvalue weighted by Gasteiger charge is -2.27. The van der Waals surface area contributed by atoms with Crippen molar-refractivity contribution in [1.29, 1.82) is 0 Å². The third-order valence-electron chi connectivity index (χ3n) is 2.44. The van der Waals surface area contributed by atoms with Gasteiger partial charge >= 0.3 is 5.97 Å². The molecule has 0 aliphatic carbocycles. The molecule has 19 heavy (non-hydrogen) atoms. The lowest BCUT2D eigenvalue weighted by Crippen LogP contribution is -2.48. The zero-order valence-electron chi connectivity index (χ0n) is 11.4. The molecule has 5 nitrogen and oxygen atoms in total. The molecule has 1 amide bonds. The van der Waals surface area contributed by atoms with Crippen molar-refractivity contribution in [3.63, 3.8) is 0 Å². The number of hydrogen-bond donors (Lipinski definition) is 2. The van der Waals surface area contributed by atoms with E-state index in [4.69, 9.17) is 5.11 Å². The zero-order valence-corrected chi connectivity index (χ0v) is 12.2. The summed E-state index contributed by atoms with van der Waals surface area (Å²) in [7, 11) is 0. The van der Waals surface area contributed by atoms with Crippen LogP contribution in [0.15, 0.2) is 12.3 Å². The summed E-state index contributed by atoms with van der Waals surface area (Å²) in [6.07, 6.45) is 4.62. The second-order valence-corrected chi connectivity index (χ2v) is 6.53. The smallest absolute Gasteiger partial charge is 0.326 e. The first-order valence-electron chi connectivity index (χ1n) is 5.84. The largest absolute Gasteiger partial charge is 0.480 e. The van der Waals surface area contributed by atoms with Gasteiger partial charge in [-0.25, -0.2) is 9.78 Å². The van der Waals surface area contributed by atoms with Gasteiger partial charge in [0.15, 0.2) is 0 Å². The Kier molecular flexibility index (Phi) is 4.83. The van der Waals surface area contributed by atoms with Crippen LogP contribution in [-0.4, -0.2) is 28.0 Å². The van der Waals surface area contributed by atoms with Crippen LogP contribution in [0.5, 0.6) is 0 Å². The van der Waals surface area contributed by atoms with Crippen molar-refractivity contribution >= 4 is 29.3 Å². The van der Waals surface area contributed by atoms with E-state index in [-0.39, 0.29) is 0 Å². The molecule has 0 bridgehead atoms. The average Bonchev–Trinajstić information content (AvgIpc) is 2.67. The van der Waals surface area contributed by atoms with Gasteiger partial charge in [-0.05, 0) is 18.4 Å². The number of aliphatic carboxylic acids is 1. The number of rotatable bonds is 4. The van der Waals surface area contributed by atoms with Crippen LogP contribution in [0.25, 0.3) is 6.08 Å². The fourth-order valence-electron chi connectivity index (χ4n) is 1.45. The maximum absolute atomic E-state index is 11.7. The first kappa shape index (κ1) is 15.4.